The molecule has 0 spiro atoms. The van der Waals surface area contributed by atoms with Crippen LogP contribution >= 0.6 is 11.8 Å². The smallest absolute Gasteiger partial charge is 0.308 e. The molecule has 0 aromatic carbocycles. The SMILES string of the molecule is CCOC(=O)C1CCC(O)(CSC(C)C(C)O)CC1. The Balaban J connectivity index is 2.36. The molecule has 1 aliphatic rings. The molecule has 2 atom stereocenters. The molecule has 2 unspecified atom stereocenters. The first-order valence-electron chi connectivity index (χ1n) is 7.06. The van der Waals surface area contributed by atoms with Gasteiger partial charge in [-0.15, -0.1) is 0 Å². The van der Waals surface area contributed by atoms with Crippen molar-refractivity contribution in [3.05, 3.63) is 0 Å². The first kappa shape index (κ1) is 16.8. The number of hydrogen-bond acceptors (Lipinski definition) is 5. The number of rotatable bonds is 6. The van der Waals surface area contributed by atoms with Gasteiger partial charge in [-0.05, 0) is 39.5 Å². The molecule has 1 aliphatic carbocycles. The summed E-state index contributed by atoms with van der Waals surface area (Å²) in [5.74, 6) is 0.434. The lowest BCUT2D eigenvalue weighted by Gasteiger charge is -2.35. The molecule has 0 aromatic heterocycles. The molecule has 0 aromatic rings. The molecule has 1 rings (SSSR count). The van der Waals surface area contributed by atoms with Crippen molar-refractivity contribution in [2.75, 3.05) is 12.4 Å². The summed E-state index contributed by atoms with van der Waals surface area (Å²) in [7, 11) is 0. The van der Waals surface area contributed by atoms with E-state index >= 15 is 0 Å². The van der Waals surface area contributed by atoms with Gasteiger partial charge in [-0.3, -0.25) is 4.79 Å². The van der Waals surface area contributed by atoms with Crippen molar-refractivity contribution in [3.63, 3.8) is 0 Å². The average molecular weight is 290 g/mol. The van der Waals surface area contributed by atoms with Crippen LogP contribution < -0.4 is 0 Å². The van der Waals surface area contributed by atoms with E-state index in [0.29, 0.717) is 38.0 Å². The molecule has 0 saturated heterocycles. The quantitative estimate of drug-likeness (QED) is 0.732. The van der Waals surface area contributed by atoms with Crippen molar-refractivity contribution in [1.82, 2.24) is 0 Å². The maximum atomic E-state index is 11.6. The Morgan fingerprint density at radius 3 is 2.47 bits per heavy atom. The fraction of sp³-hybridized carbons (Fsp3) is 0.929. The van der Waals surface area contributed by atoms with Gasteiger partial charge in [0.15, 0.2) is 0 Å². The number of hydrogen-bond donors (Lipinski definition) is 2. The minimum Gasteiger partial charge on any atom is -0.466 e. The zero-order valence-electron chi connectivity index (χ0n) is 12.1. The third kappa shape index (κ3) is 5.32. The summed E-state index contributed by atoms with van der Waals surface area (Å²) in [6.45, 7) is 5.95. The Morgan fingerprint density at radius 2 is 2.00 bits per heavy atom. The number of esters is 1. The first-order chi connectivity index (χ1) is 8.88. The monoisotopic (exact) mass is 290 g/mol. The lowest BCUT2D eigenvalue weighted by atomic mass is 9.80. The van der Waals surface area contributed by atoms with Crippen molar-refractivity contribution < 1.29 is 19.7 Å². The highest BCUT2D eigenvalue weighted by atomic mass is 32.2. The predicted octanol–water partition coefficient (Wildman–Crippen LogP) is 1.97. The normalized spacial score (nSPS) is 30.7. The number of ether oxygens (including phenoxy) is 1. The second kappa shape index (κ2) is 7.50. The van der Waals surface area contributed by atoms with Crippen molar-refractivity contribution in [1.29, 1.82) is 0 Å². The van der Waals surface area contributed by atoms with E-state index in [1.54, 1.807) is 18.7 Å². The summed E-state index contributed by atoms with van der Waals surface area (Å²) in [5.41, 5.74) is -0.698. The third-order valence-electron chi connectivity index (χ3n) is 3.83. The fourth-order valence-corrected chi connectivity index (χ4v) is 3.36. The second-order valence-corrected chi connectivity index (χ2v) is 6.87. The van der Waals surface area contributed by atoms with E-state index in [4.69, 9.17) is 4.74 Å². The van der Waals surface area contributed by atoms with Crippen LogP contribution in [0.4, 0.5) is 0 Å². The lowest BCUT2D eigenvalue weighted by molar-refractivity contribution is -0.150. The van der Waals surface area contributed by atoms with Gasteiger partial charge < -0.3 is 14.9 Å². The Hall–Kier alpha value is -0.260. The predicted molar refractivity (Wildman–Crippen MR) is 77.1 cm³/mol. The maximum Gasteiger partial charge on any atom is 0.308 e. The minimum atomic E-state index is -0.698. The molecular formula is C14H26O4S. The summed E-state index contributed by atoms with van der Waals surface area (Å²) in [4.78, 5) is 11.6. The summed E-state index contributed by atoms with van der Waals surface area (Å²) in [6, 6.07) is 0. The van der Waals surface area contributed by atoms with Gasteiger partial charge in [0.05, 0.1) is 24.2 Å². The molecule has 2 N–H and O–H groups in total. The van der Waals surface area contributed by atoms with E-state index in [0.717, 1.165) is 0 Å². The number of aliphatic hydroxyl groups excluding tert-OH is 1. The van der Waals surface area contributed by atoms with Gasteiger partial charge in [-0.25, -0.2) is 0 Å². The Morgan fingerprint density at radius 1 is 1.42 bits per heavy atom. The van der Waals surface area contributed by atoms with Crippen LogP contribution in [-0.2, 0) is 9.53 Å². The Kier molecular flexibility index (Phi) is 6.63. The molecule has 0 amide bonds. The second-order valence-electron chi connectivity index (χ2n) is 5.51. The van der Waals surface area contributed by atoms with Gasteiger partial charge in [0.2, 0.25) is 0 Å². The molecule has 0 heterocycles. The Labute approximate surface area is 119 Å². The molecule has 0 bridgehead atoms. The number of carbonyl (C=O) groups excluding carboxylic acids is 1. The molecule has 1 fully saturated rings. The van der Waals surface area contributed by atoms with Gasteiger partial charge >= 0.3 is 5.97 Å². The highest BCUT2D eigenvalue weighted by molar-refractivity contribution is 8.00. The molecule has 0 radical (unpaired) electrons. The third-order valence-corrected chi connectivity index (χ3v) is 5.45. The van der Waals surface area contributed by atoms with Crippen molar-refractivity contribution in [2.45, 2.75) is 63.4 Å². The largest absolute Gasteiger partial charge is 0.466 e. The van der Waals surface area contributed by atoms with Crippen LogP contribution in [0, 0.1) is 5.92 Å². The van der Waals surface area contributed by atoms with Gasteiger partial charge in [-0.1, -0.05) is 6.92 Å². The summed E-state index contributed by atoms with van der Waals surface area (Å²) in [6.07, 6.45) is 2.29. The molecule has 1 saturated carbocycles. The summed E-state index contributed by atoms with van der Waals surface area (Å²) in [5, 5.41) is 20.0. The topological polar surface area (TPSA) is 66.8 Å². The van der Waals surface area contributed by atoms with Crippen LogP contribution in [0.15, 0.2) is 0 Å². The first-order valence-corrected chi connectivity index (χ1v) is 8.11. The van der Waals surface area contributed by atoms with Gasteiger partial charge in [-0.2, -0.15) is 11.8 Å². The summed E-state index contributed by atoms with van der Waals surface area (Å²) >= 11 is 1.59. The van der Waals surface area contributed by atoms with E-state index in [2.05, 4.69) is 0 Å². The summed E-state index contributed by atoms with van der Waals surface area (Å²) < 4.78 is 5.02. The number of thioether (sulfide) groups is 1. The number of aliphatic hydroxyl groups is 2. The molecular weight excluding hydrogens is 264 g/mol. The van der Waals surface area contributed by atoms with Crippen molar-refractivity contribution in [3.8, 4) is 0 Å². The van der Waals surface area contributed by atoms with Gasteiger partial charge in [0.1, 0.15) is 0 Å². The van der Waals surface area contributed by atoms with E-state index in [1.807, 2.05) is 13.8 Å². The van der Waals surface area contributed by atoms with Crippen LogP contribution in [-0.4, -0.2) is 45.5 Å². The highest BCUT2D eigenvalue weighted by Gasteiger charge is 2.36. The van der Waals surface area contributed by atoms with E-state index < -0.39 is 5.60 Å². The van der Waals surface area contributed by atoms with Crippen LogP contribution in [0.5, 0.6) is 0 Å². The van der Waals surface area contributed by atoms with Gasteiger partial charge in [0, 0.05) is 11.0 Å². The van der Waals surface area contributed by atoms with E-state index in [1.165, 1.54) is 0 Å². The van der Waals surface area contributed by atoms with E-state index in [9.17, 15) is 15.0 Å². The zero-order valence-corrected chi connectivity index (χ0v) is 12.9. The lowest BCUT2D eigenvalue weighted by Crippen LogP contribution is -2.39. The molecule has 5 heteroatoms. The van der Waals surface area contributed by atoms with Crippen LogP contribution in [0.2, 0.25) is 0 Å². The van der Waals surface area contributed by atoms with E-state index in [-0.39, 0.29) is 23.2 Å². The molecule has 112 valence electrons. The van der Waals surface area contributed by atoms with Crippen LogP contribution in [0.25, 0.3) is 0 Å². The molecule has 0 aliphatic heterocycles. The Bertz CT molecular complexity index is 285. The van der Waals surface area contributed by atoms with Crippen LogP contribution in [0.3, 0.4) is 0 Å². The van der Waals surface area contributed by atoms with Crippen molar-refractivity contribution in [2.24, 2.45) is 5.92 Å². The fourth-order valence-electron chi connectivity index (χ4n) is 2.22. The van der Waals surface area contributed by atoms with Crippen molar-refractivity contribution >= 4 is 17.7 Å². The minimum absolute atomic E-state index is 0.0561. The molecule has 4 nitrogen and oxygen atoms in total. The zero-order chi connectivity index (χ0) is 14.5. The highest BCUT2D eigenvalue weighted by Crippen LogP contribution is 2.36. The molecule has 19 heavy (non-hydrogen) atoms. The average Bonchev–Trinajstić information content (AvgIpc) is 2.37. The maximum absolute atomic E-state index is 11.6. The van der Waals surface area contributed by atoms with Crippen LogP contribution in [0.1, 0.15) is 46.5 Å². The standard InChI is InChI=1S/C14H26O4S/c1-4-18-13(16)12-5-7-14(17,8-6-12)9-19-11(3)10(2)15/h10-12,15,17H,4-9H2,1-3H3. The number of carbonyl (C=O) groups is 1. The van der Waals surface area contributed by atoms with Gasteiger partial charge in [0.25, 0.3) is 0 Å².